The van der Waals surface area contributed by atoms with Gasteiger partial charge in [0.25, 0.3) is 0 Å². The SMILES string of the molecule is Cc1ccc(/C=C/CC(=O)NC[C@@H]2C[C@@H](c3ncn[nH]3)C[C@@H]2O)cc1. The van der Waals surface area contributed by atoms with Gasteiger partial charge in [-0.1, -0.05) is 42.0 Å². The molecule has 6 heteroatoms. The molecule has 1 aromatic carbocycles. The van der Waals surface area contributed by atoms with Gasteiger partial charge in [0.15, 0.2) is 0 Å². The molecule has 2 aromatic rings. The first-order valence-electron chi connectivity index (χ1n) is 8.65. The molecule has 1 amide bonds. The molecule has 132 valence electrons. The summed E-state index contributed by atoms with van der Waals surface area (Å²) >= 11 is 0. The van der Waals surface area contributed by atoms with Crippen molar-refractivity contribution >= 4 is 12.0 Å². The Labute approximate surface area is 147 Å². The number of hydrogen-bond acceptors (Lipinski definition) is 4. The molecule has 1 aliphatic carbocycles. The van der Waals surface area contributed by atoms with Crippen LogP contribution in [0.5, 0.6) is 0 Å². The molecule has 3 rings (SSSR count). The van der Waals surface area contributed by atoms with E-state index >= 15 is 0 Å². The van der Waals surface area contributed by atoms with Gasteiger partial charge in [-0.05, 0) is 25.3 Å². The van der Waals surface area contributed by atoms with E-state index < -0.39 is 6.10 Å². The van der Waals surface area contributed by atoms with Crippen LogP contribution < -0.4 is 5.32 Å². The molecule has 3 N–H and O–H groups in total. The Bertz CT molecular complexity index is 710. The number of aromatic amines is 1. The van der Waals surface area contributed by atoms with Crippen LogP contribution in [0.4, 0.5) is 0 Å². The lowest BCUT2D eigenvalue weighted by molar-refractivity contribution is -0.120. The van der Waals surface area contributed by atoms with E-state index in [4.69, 9.17) is 0 Å². The van der Waals surface area contributed by atoms with Gasteiger partial charge in [-0.15, -0.1) is 0 Å². The molecule has 0 spiro atoms. The number of aryl methyl sites for hydroxylation is 1. The molecule has 0 unspecified atom stereocenters. The third kappa shape index (κ3) is 4.76. The standard InChI is InChI=1S/C19H24N4O2/c1-13-5-7-14(8-6-13)3-2-4-18(25)20-11-16-9-15(10-17(16)24)19-21-12-22-23-19/h2-3,5-8,12,15-17,24H,4,9-11H2,1H3,(H,20,25)(H,21,22,23)/b3-2+/t15-,16+,17+/m1/s1. The molecule has 1 aromatic heterocycles. The fraction of sp³-hybridized carbons (Fsp3) is 0.421. The van der Waals surface area contributed by atoms with Crippen LogP contribution in [-0.2, 0) is 4.79 Å². The summed E-state index contributed by atoms with van der Waals surface area (Å²) in [6.07, 6.45) is 6.67. The topological polar surface area (TPSA) is 90.9 Å². The van der Waals surface area contributed by atoms with Gasteiger partial charge in [0.1, 0.15) is 12.2 Å². The minimum absolute atomic E-state index is 0.0290. The Morgan fingerprint density at radius 3 is 2.88 bits per heavy atom. The molecular formula is C19H24N4O2. The van der Waals surface area contributed by atoms with E-state index in [0.717, 1.165) is 17.8 Å². The van der Waals surface area contributed by atoms with Crippen molar-refractivity contribution in [2.75, 3.05) is 6.54 Å². The number of rotatable bonds is 6. The fourth-order valence-electron chi connectivity index (χ4n) is 3.25. The van der Waals surface area contributed by atoms with Crippen molar-refractivity contribution in [2.45, 2.75) is 38.2 Å². The molecule has 3 atom stereocenters. The van der Waals surface area contributed by atoms with E-state index in [1.54, 1.807) is 0 Å². The van der Waals surface area contributed by atoms with Crippen LogP contribution in [-0.4, -0.2) is 38.8 Å². The second kappa shape index (κ2) is 8.07. The van der Waals surface area contributed by atoms with E-state index in [9.17, 15) is 9.90 Å². The second-order valence-electron chi connectivity index (χ2n) is 6.69. The number of benzene rings is 1. The average Bonchev–Trinajstić information content (AvgIpc) is 3.24. The number of aromatic nitrogens is 3. The van der Waals surface area contributed by atoms with Crippen LogP contribution in [0.1, 0.15) is 42.1 Å². The zero-order chi connectivity index (χ0) is 17.6. The van der Waals surface area contributed by atoms with Crippen LogP contribution in [0, 0.1) is 12.8 Å². The first kappa shape index (κ1) is 17.4. The zero-order valence-corrected chi connectivity index (χ0v) is 14.4. The number of amides is 1. The molecule has 6 nitrogen and oxygen atoms in total. The number of carbonyl (C=O) groups is 1. The van der Waals surface area contributed by atoms with Crippen molar-refractivity contribution in [1.82, 2.24) is 20.5 Å². The lowest BCUT2D eigenvalue weighted by atomic mass is 10.0. The predicted octanol–water partition coefficient (Wildman–Crippen LogP) is 2.19. The highest BCUT2D eigenvalue weighted by Crippen LogP contribution is 2.36. The van der Waals surface area contributed by atoms with Crippen molar-refractivity contribution in [2.24, 2.45) is 5.92 Å². The predicted molar refractivity (Wildman–Crippen MR) is 95.7 cm³/mol. The molecule has 0 bridgehead atoms. The summed E-state index contributed by atoms with van der Waals surface area (Å²) in [5.74, 6) is 1.02. The summed E-state index contributed by atoms with van der Waals surface area (Å²) in [7, 11) is 0. The molecule has 25 heavy (non-hydrogen) atoms. The van der Waals surface area contributed by atoms with E-state index in [0.29, 0.717) is 19.4 Å². The normalized spacial score (nSPS) is 23.2. The molecule has 0 radical (unpaired) electrons. The van der Waals surface area contributed by atoms with Gasteiger partial charge < -0.3 is 10.4 Å². The number of nitrogens with zero attached hydrogens (tertiary/aromatic N) is 2. The number of hydrogen-bond donors (Lipinski definition) is 3. The van der Waals surface area contributed by atoms with Crippen molar-refractivity contribution in [3.63, 3.8) is 0 Å². The van der Waals surface area contributed by atoms with Crippen molar-refractivity contribution < 1.29 is 9.90 Å². The summed E-state index contributed by atoms with van der Waals surface area (Å²) in [5.41, 5.74) is 2.30. The van der Waals surface area contributed by atoms with Gasteiger partial charge in [-0.2, -0.15) is 5.10 Å². The minimum atomic E-state index is -0.418. The molecule has 0 saturated heterocycles. The smallest absolute Gasteiger partial charge is 0.223 e. The number of H-pyrrole nitrogens is 1. The van der Waals surface area contributed by atoms with Crippen LogP contribution in [0.2, 0.25) is 0 Å². The summed E-state index contributed by atoms with van der Waals surface area (Å²) in [5, 5.41) is 19.8. The third-order valence-electron chi connectivity index (χ3n) is 4.73. The van der Waals surface area contributed by atoms with Gasteiger partial charge in [0, 0.05) is 24.8 Å². The van der Waals surface area contributed by atoms with Crippen molar-refractivity contribution in [3.8, 4) is 0 Å². The van der Waals surface area contributed by atoms with E-state index in [1.165, 1.54) is 11.9 Å². The van der Waals surface area contributed by atoms with Gasteiger partial charge in [0.2, 0.25) is 5.91 Å². The quantitative estimate of drug-likeness (QED) is 0.752. The molecule has 1 fully saturated rings. The van der Waals surface area contributed by atoms with E-state index in [1.807, 2.05) is 43.3 Å². The highest BCUT2D eigenvalue weighted by atomic mass is 16.3. The Hall–Kier alpha value is -2.47. The maximum absolute atomic E-state index is 12.0. The van der Waals surface area contributed by atoms with Crippen molar-refractivity contribution in [1.29, 1.82) is 0 Å². The van der Waals surface area contributed by atoms with Crippen LogP contribution in [0.3, 0.4) is 0 Å². The van der Waals surface area contributed by atoms with Crippen LogP contribution in [0.15, 0.2) is 36.7 Å². The van der Waals surface area contributed by atoms with Crippen LogP contribution >= 0.6 is 0 Å². The maximum Gasteiger partial charge on any atom is 0.223 e. The summed E-state index contributed by atoms with van der Waals surface area (Å²) < 4.78 is 0. The molecule has 1 aliphatic rings. The summed E-state index contributed by atoms with van der Waals surface area (Å²) in [4.78, 5) is 16.2. The first-order valence-corrected chi connectivity index (χ1v) is 8.65. The van der Waals surface area contributed by atoms with E-state index in [2.05, 4.69) is 20.5 Å². The summed E-state index contributed by atoms with van der Waals surface area (Å²) in [6.45, 7) is 2.54. The summed E-state index contributed by atoms with van der Waals surface area (Å²) in [6, 6.07) is 8.16. The highest BCUT2D eigenvalue weighted by molar-refractivity contribution is 5.78. The Morgan fingerprint density at radius 1 is 1.36 bits per heavy atom. The highest BCUT2D eigenvalue weighted by Gasteiger charge is 2.35. The number of aliphatic hydroxyl groups excluding tert-OH is 1. The average molecular weight is 340 g/mol. The number of nitrogens with one attached hydrogen (secondary N) is 2. The Balaban J connectivity index is 1.42. The lowest BCUT2D eigenvalue weighted by Gasteiger charge is -2.14. The molecule has 1 saturated carbocycles. The minimum Gasteiger partial charge on any atom is -0.393 e. The third-order valence-corrected chi connectivity index (χ3v) is 4.73. The number of aliphatic hydroxyl groups is 1. The second-order valence-corrected chi connectivity index (χ2v) is 6.69. The van der Waals surface area contributed by atoms with Gasteiger partial charge in [0.05, 0.1) is 6.10 Å². The number of carbonyl (C=O) groups excluding carboxylic acids is 1. The monoisotopic (exact) mass is 340 g/mol. The largest absolute Gasteiger partial charge is 0.393 e. The van der Waals surface area contributed by atoms with Gasteiger partial charge in [-0.25, -0.2) is 4.98 Å². The van der Waals surface area contributed by atoms with Crippen molar-refractivity contribution in [3.05, 3.63) is 53.6 Å². The Kier molecular flexibility index (Phi) is 5.60. The zero-order valence-electron chi connectivity index (χ0n) is 14.4. The van der Waals surface area contributed by atoms with Gasteiger partial charge >= 0.3 is 0 Å². The van der Waals surface area contributed by atoms with E-state index in [-0.39, 0.29) is 17.7 Å². The Morgan fingerprint density at radius 2 is 2.16 bits per heavy atom. The lowest BCUT2D eigenvalue weighted by Crippen LogP contribution is -2.32. The maximum atomic E-state index is 12.0. The molecular weight excluding hydrogens is 316 g/mol. The van der Waals surface area contributed by atoms with Gasteiger partial charge in [-0.3, -0.25) is 9.89 Å². The first-order chi connectivity index (χ1) is 12.1. The molecule has 1 heterocycles. The van der Waals surface area contributed by atoms with Crippen LogP contribution in [0.25, 0.3) is 6.08 Å². The molecule has 0 aliphatic heterocycles. The fourth-order valence-corrected chi connectivity index (χ4v) is 3.25.